The molecular formula is C20H24N2O3. The zero-order valence-electron chi connectivity index (χ0n) is 14.7. The van der Waals surface area contributed by atoms with Gasteiger partial charge in [0.2, 0.25) is 0 Å². The van der Waals surface area contributed by atoms with Gasteiger partial charge in [0.1, 0.15) is 0 Å². The van der Waals surface area contributed by atoms with Gasteiger partial charge in [-0.3, -0.25) is 0 Å². The summed E-state index contributed by atoms with van der Waals surface area (Å²) < 4.78 is 10.5. The van der Waals surface area contributed by atoms with Gasteiger partial charge >= 0.3 is 6.03 Å². The van der Waals surface area contributed by atoms with Crippen molar-refractivity contribution in [1.82, 2.24) is 10.6 Å². The second kappa shape index (κ2) is 7.92. The van der Waals surface area contributed by atoms with Gasteiger partial charge in [0.15, 0.2) is 11.5 Å². The Morgan fingerprint density at radius 2 is 1.92 bits per heavy atom. The van der Waals surface area contributed by atoms with Crippen LogP contribution in [0, 0.1) is 0 Å². The van der Waals surface area contributed by atoms with Gasteiger partial charge in [-0.2, -0.15) is 0 Å². The van der Waals surface area contributed by atoms with Crippen LogP contribution in [0.4, 0.5) is 4.79 Å². The number of carbonyl (C=O) groups excluding carboxylic acids is 1. The normalized spacial score (nSPS) is 15.8. The van der Waals surface area contributed by atoms with Crippen molar-refractivity contribution < 1.29 is 14.3 Å². The smallest absolute Gasteiger partial charge is 0.315 e. The topological polar surface area (TPSA) is 59.6 Å². The minimum atomic E-state index is -0.156. The van der Waals surface area contributed by atoms with Gasteiger partial charge in [0.05, 0.1) is 20.3 Å². The van der Waals surface area contributed by atoms with Crippen molar-refractivity contribution in [1.29, 1.82) is 0 Å². The zero-order chi connectivity index (χ0) is 17.6. The highest BCUT2D eigenvalue weighted by Crippen LogP contribution is 2.29. The quantitative estimate of drug-likeness (QED) is 0.874. The summed E-state index contributed by atoms with van der Waals surface area (Å²) in [6, 6.07) is 13.9. The fraction of sp³-hybridized carbons (Fsp3) is 0.350. The first-order valence-corrected chi connectivity index (χ1v) is 8.54. The number of amides is 2. The lowest BCUT2D eigenvalue weighted by Crippen LogP contribution is -2.38. The first-order chi connectivity index (χ1) is 12.2. The molecule has 0 spiro atoms. The van der Waals surface area contributed by atoms with E-state index in [0.717, 1.165) is 24.8 Å². The summed E-state index contributed by atoms with van der Waals surface area (Å²) in [6.07, 6.45) is 3.15. The van der Waals surface area contributed by atoms with Crippen LogP contribution in [-0.4, -0.2) is 20.3 Å². The van der Waals surface area contributed by atoms with Crippen LogP contribution >= 0.6 is 0 Å². The van der Waals surface area contributed by atoms with Crippen LogP contribution in [0.1, 0.15) is 35.6 Å². The largest absolute Gasteiger partial charge is 0.493 e. The first kappa shape index (κ1) is 17.1. The molecule has 1 atom stereocenters. The van der Waals surface area contributed by atoms with E-state index in [2.05, 4.69) is 28.8 Å². The van der Waals surface area contributed by atoms with Gasteiger partial charge in [0.25, 0.3) is 0 Å². The predicted molar refractivity (Wildman–Crippen MR) is 97.0 cm³/mol. The fourth-order valence-corrected chi connectivity index (χ4v) is 3.29. The molecular weight excluding hydrogens is 316 g/mol. The number of benzene rings is 2. The fourth-order valence-electron chi connectivity index (χ4n) is 3.29. The molecule has 5 nitrogen and oxygen atoms in total. The third-order valence-corrected chi connectivity index (χ3v) is 4.58. The summed E-state index contributed by atoms with van der Waals surface area (Å²) in [7, 11) is 3.20. The molecule has 132 valence electrons. The number of methoxy groups -OCH3 is 2. The van der Waals surface area contributed by atoms with Crippen LogP contribution in [0.25, 0.3) is 0 Å². The van der Waals surface area contributed by atoms with Crippen molar-refractivity contribution in [3.63, 3.8) is 0 Å². The molecule has 0 aliphatic heterocycles. The molecule has 0 heterocycles. The van der Waals surface area contributed by atoms with Crippen LogP contribution < -0.4 is 20.1 Å². The van der Waals surface area contributed by atoms with E-state index in [9.17, 15) is 4.79 Å². The third-order valence-electron chi connectivity index (χ3n) is 4.58. The monoisotopic (exact) mass is 340 g/mol. The van der Waals surface area contributed by atoms with Gasteiger partial charge in [-0.05, 0) is 48.1 Å². The number of fused-ring (bicyclic) bond motifs is 1. The number of urea groups is 1. The average Bonchev–Trinajstić information content (AvgIpc) is 2.66. The molecule has 2 aromatic rings. The van der Waals surface area contributed by atoms with E-state index in [1.165, 1.54) is 11.1 Å². The predicted octanol–water partition coefficient (Wildman–Crippen LogP) is 3.58. The van der Waals surface area contributed by atoms with Gasteiger partial charge in [-0.25, -0.2) is 4.79 Å². The Balaban J connectivity index is 1.59. The lowest BCUT2D eigenvalue weighted by Gasteiger charge is -2.26. The summed E-state index contributed by atoms with van der Waals surface area (Å²) in [5.74, 6) is 1.33. The van der Waals surface area contributed by atoms with Crippen LogP contribution in [0.2, 0.25) is 0 Å². The molecule has 0 aromatic heterocycles. The summed E-state index contributed by atoms with van der Waals surface area (Å²) in [5.41, 5.74) is 3.52. The second-order valence-corrected chi connectivity index (χ2v) is 6.16. The number of nitrogens with one attached hydrogen (secondary N) is 2. The van der Waals surface area contributed by atoms with Gasteiger partial charge in [0, 0.05) is 6.54 Å². The number of rotatable bonds is 5. The molecule has 0 saturated heterocycles. The number of hydrogen-bond donors (Lipinski definition) is 2. The first-order valence-electron chi connectivity index (χ1n) is 8.54. The molecule has 3 rings (SSSR count). The van der Waals surface area contributed by atoms with Crippen molar-refractivity contribution in [2.24, 2.45) is 0 Å². The molecule has 5 heteroatoms. The number of ether oxygens (including phenoxy) is 2. The SMILES string of the molecule is COc1ccc(CNC(=O)NC2CCCc3ccccc32)cc1OC. The van der Waals surface area contributed by atoms with E-state index in [-0.39, 0.29) is 12.1 Å². The molecule has 2 amide bonds. The van der Waals surface area contributed by atoms with E-state index in [1.807, 2.05) is 24.3 Å². The highest BCUT2D eigenvalue weighted by atomic mass is 16.5. The highest BCUT2D eigenvalue weighted by molar-refractivity contribution is 5.74. The Morgan fingerprint density at radius 3 is 2.72 bits per heavy atom. The molecule has 0 bridgehead atoms. The molecule has 2 N–H and O–H groups in total. The number of hydrogen-bond acceptors (Lipinski definition) is 3. The maximum absolute atomic E-state index is 12.3. The summed E-state index contributed by atoms with van der Waals surface area (Å²) in [5, 5.41) is 6.01. The van der Waals surface area contributed by atoms with Crippen molar-refractivity contribution in [2.45, 2.75) is 31.8 Å². The van der Waals surface area contributed by atoms with Gasteiger partial charge in [-0.15, -0.1) is 0 Å². The molecule has 25 heavy (non-hydrogen) atoms. The second-order valence-electron chi connectivity index (χ2n) is 6.16. The average molecular weight is 340 g/mol. The Hall–Kier alpha value is -2.69. The van der Waals surface area contributed by atoms with Crippen LogP contribution in [-0.2, 0) is 13.0 Å². The van der Waals surface area contributed by atoms with Gasteiger partial charge in [-0.1, -0.05) is 30.3 Å². The Morgan fingerprint density at radius 1 is 1.12 bits per heavy atom. The number of aryl methyl sites for hydroxylation is 1. The molecule has 1 aliphatic carbocycles. The lowest BCUT2D eigenvalue weighted by molar-refractivity contribution is 0.235. The van der Waals surface area contributed by atoms with Crippen molar-refractivity contribution in [2.75, 3.05) is 14.2 Å². The van der Waals surface area contributed by atoms with E-state index in [1.54, 1.807) is 14.2 Å². The Kier molecular flexibility index (Phi) is 5.43. The minimum absolute atomic E-state index is 0.0790. The summed E-state index contributed by atoms with van der Waals surface area (Å²) >= 11 is 0. The molecule has 0 radical (unpaired) electrons. The van der Waals surface area contributed by atoms with Crippen molar-refractivity contribution in [3.05, 3.63) is 59.2 Å². The van der Waals surface area contributed by atoms with E-state index in [4.69, 9.17) is 9.47 Å². The van der Waals surface area contributed by atoms with E-state index < -0.39 is 0 Å². The number of carbonyl (C=O) groups is 1. The van der Waals surface area contributed by atoms with Crippen LogP contribution in [0.3, 0.4) is 0 Å². The molecule has 1 aliphatic rings. The van der Waals surface area contributed by atoms with Crippen LogP contribution in [0.15, 0.2) is 42.5 Å². The van der Waals surface area contributed by atoms with E-state index >= 15 is 0 Å². The maximum Gasteiger partial charge on any atom is 0.315 e. The molecule has 2 aromatic carbocycles. The Bertz CT molecular complexity index is 745. The standard InChI is InChI=1S/C20H24N2O3/c1-24-18-11-10-14(12-19(18)25-2)13-21-20(23)22-17-9-5-7-15-6-3-4-8-16(15)17/h3-4,6,8,10-12,17H,5,7,9,13H2,1-2H3,(H2,21,22,23). The molecule has 1 unspecified atom stereocenters. The maximum atomic E-state index is 12.3. The minimum Gasteiger partial charge on any atom is -0.493 e. The molecule has 0 saturated carbocycles. The molecule has 0 fully saturated rings. The third kappa shape index (κ3) is 4.05. The van der Waals surface area contributed by atoms with E-state index in [0.29, 0.717) is 18.0 Å². The Labute approximate surface area is 148 Å². The van der Waals surface area contributed by atoms with Crippen molar-refractivity contribution in [3.8, 4) is 11.5 Å². The van der Waals surface area contributed by atoms with Crippen molar-refractivity contribution >= 4 is 6.03 Å². The lowest BCUT2D eigenvalue weighted by atomic mass is 9.88. The zero-order valence-corrected chi connectivity index (χ0v) is 14.7. The summed E-state index contributed by atoms with van der Waals surface area (Å²) in [6.45, 7) is 0.431. The van der Waals surface area contributed by atoms with Crippen LogP contribution in [0.5, 0.6) is 11.5 Å². The van der Waals surface area contributed by atoms with Gasteiger partial charge < -0.3 is 20.1 Å². The summed E-state index contributed by atoms with van der Waals surface area (Å²) in [4.78, 5) is 12.3. The highest BCUT2D eigenvalue weighted by Gasteiger charge is 2.21.